The highest BCUT2D eigenvalue weighted by Gasteiger charge is 2.11. The Kier molecular flexibility index (Phi) is 4.93. The summed E-state index contributed by atoms with van der Waals surface area (Å²) in [7, 11) is 0. The van der Waals surface area contributed by atoms with Crippen LogP contribution in [0.3, 0.4) is 0 Å². The third-order valence-corrected chi connectivity index (χ3v) is 3.76. The lowest BCUT2D eigenvalue weighted by Gasteiger charge is -2.14. The predicted octanol–water partition coefficient (Wildman–Crippen LogP) is 2.57. The Morgan fingerprint density at radius 2 is 1.77 bits per heavy atom. The van der Waals surface area contributed by atoms with Crippen molar-refractivity contribution in [1.82, 2.24) is 20.4 Å². The van der Waals surface area contributed by atoms with Crippen LogP contribution in [0.25, 0.3) is 0 Å². The predicted molar refractivity (Wildman–Crippen MR) is 101 cm³/mol. The highest BCUT2D eigenvalue weighted by molar-refractivity contribution is 5.95. The Morgan fingerprint density at radius 3 is 2.50 bits per heavy atom. The number of benzene rings is 1. The molecule has 0 saturated carbocycles. The summed E-state index contributed by atoms with van der Waals surface area (Å²) in [6.45, 7) is 4.03. The lowest BCUT2D eigenvalue weighted by molar-refractivity contribution is 0.0962. The van der Waals surface area contributed by atoms with Crippen molar-refractivity contribution < 1.29 is 4.79 Å². The minimum atomic E-state index is -0.325. The first-order valence-corrected chi connectivity index (χ1v) is 7.95. The number of nitrogen functional groups attached to an aromatic ring is 1. The molecule has 1 amide bonds. The summed E-state index contributed by atoms with van der Waals surface area (Å²) >= 11 is 0. The molecule has 2 aromatic heterocycles. The molecule has 8 nitrogen and oxygen atoms in total. The smallest absolute Gasteiger partial charge is 0.269 e. The summed E-state index contributed by atoms with van der Waals surface area (Å²) in [5.41, 5.74) is 15.3. The molecule has 0 aliphatic rings. The Bertz CT molecular complexity index is 928. The van der Waals surface area contributed by atoms with Gasteiger partial charge in [0, 0.05) is 23.6 Å². The van der Waals surface area contributed by atoms with Crippen LogP contribution in [0.4, 0.5) is 23.0 Å². The van der Waals surface area contributed by atoms with Gasteiger partial charge >= 0.3 is 0 Å². The van der Waals surface area contributed by atoms with Crippen LogP contribution in [0.1, 0.15) is 21.5 Å². The molecule has 0 bridgehead atoms. The fourth-order valence-corrected chi connectivity index (χ4v) is 2.37. The van der Waals surface area contributed by atoms with Crippen molar-refractivity contribution in [3.05, 3.63) is 65.7 Å². The Balaban J connectivity index is 1.74. The van der Waals surface area contributed by atoms with Gasteiger partial charge in [-0.3, -0.25) is 20.6 Å². The average molecular weight is 349 g/mol. The normalized spacial score (nSPS) is 10.2. The molecule has 0 aliphatic heterocycles. The second-order valence-corrected chi connectivity index (χ2v) is 5.74. The number of aryl methyl sites for hydroxylation is 2. The first-order chi connectivity index (χ1) is 12.5. The number of nitrogens with zero attached hydrogens (tertiary/aromatic N) is 3. The zero-order valence-electron chi connectivity index (χ0n) is 14.4. The van der Waals surface area contributed by atoms with Crippen molar-refractivity contribution >= 4 is 28.9 Å². The van der Waals surface area contributed by atoms with Crippen molar-refractivity contribution in [3.8, 4) is 0 Å². The molecule has 1 aromatic carbocycles. The minimum Gasteiger partial charge on any atom is -0.393 e. The number of carbonyl (C=O) groups is 1. The number of nitrogens with two attached hydrogens (primary N) is 1. The van der Waals surface area contributed by atoms with Gasteiger partial charge in [0.15, 0.2) is 11.6 Å². The molecule has 0 fully saturated rings. The second-order valence-electron chi connectivity index (χ2n) is 5.74. The molecule has 0 aliphatic carbocycles. The summed E-state index contributed by atoms with van der Waals surface area (Å²) in [6, 6.07) is 9.24. The van der Waals surface area contributed by atoms with E-state index in [9.17, 15) is 4.79 Å². The summed E-state index contributed by atoms with van der Waals surface area (Å²) in [5.74, 6) is 0.427. The number of anilines is 4. The highest BCUT2D eigenvalue weighted by Crippen LogP contribution is 2.27. The highest BCUT2D eigenvalue weighted by atomic mass is 16.2. The summed E-state index contributed by atoms with van der Waals surface area (Å²) < 4.78 is 0. The van der Waals surface area contributed by atoms with Gasteiger partial charge in [0.2, 0.25) is 0 Å². The van der Waals surface area contributed by atoms with Crippen LogP contribution in [0.2, 0.25) is 0 Å². The maximum absolute atomic E-state index is 12.1. The summed E-state index contributed by atoms with van der Waals surface area (Å²) in [6.07, 6.45) is 4.45. The van der Waals surface area contributed by atoms with Gasteiger partial charge in [0.05, 0.1) is 0 Å². The van der Waals surface area contributed by atoms with Gasteiger partial charge < -0.3 is 11.1 Å². The summed E-state index contributed by atoms with van der Waals surface area (Å²) in [5, 5.41) is 3.19. The van der Waals surface area contributed by atoms with Crippen LogP contribution in [0.5, 0.6) is 0 Å². The maximum atomic E-state index is 12.1. The summed E-state index contributed by atoms with van der Waals surface area (Å²) in [4.78, 5) is 24.2. The van der Waals surface area contributed by atoms with Gasteiger partial charge in [-0.05, 0) is 37.6 Å². The Hall–Kier alpha value is -3.68. The monoisotopic (exact) mass is 349 g/mol. The Labute approximate surface area is 150 Å². The average Bonchev–Trinajstić information content (AvgIpc) is 2.65. The maximum Gasteiger partial charge on any atom is 0.269 e. The zero-order valence-corrected chi connectivity index (χ0v) is 14.4. The van der Waals surface area contributed by atoms with Crippen molar-refractivity contribution in [2.24, 2.45) is 0 Å². The molecule has 2 heterocycles. The third-order valence-electron chi connectivity index (χ3n) is 3.76. The molecule has 0 unspecified atom stereocenters. The van der Waals surface area contributed by atoms with Crippen LogP contribution < -0.4 is 21.9 Å². The van der Waals surface area contributed by atoms with Gasteiger partial charge in [-0.2, -0.15) is 0 Å². The van der Waals surface area contributed by atoms with Crippen LogP contribution >= 0.6 is 0 Å². The number of aromatic nitrogens is 3. The number of hydrogen-bond acceptors (Lipinski definition) is 7. The van der Waals surface area contributed by atoms with Crippen molar-refractivity contribution in [2.75, 3.05) is 16.5 Å². The van der Waals surface area contributed by atoms with E-state index in [1.54, 1.807) is 24.5 Å². The van der Waals surface area contributed by atoms with E-state index in [0.29, 0.717) is 22.9 Å². The number of carbonyl (C=O) groups excluding carboxylic acids is 1. The molecule has 5 N–H and O–H groups in total. The van der Waals surface area contributed by atoms with Crippen LogP contribution in [0.15, 0.2) is 49.1 Å². The fraction of sp³-hybridized carbons (Fsp3) is 0.111. The van der Waals surface area contributed by atoms with Crippen LogP contribution in [-0.2, 0) is 0 Å². The second kappa shape index (κ2) is 7.47. The Morgan fingerprint density at radius 1 is 1.04 bits per heavy atom. The minimum absolute atomic E-state index is 0.294. The van der Waals surface area contributed by atoms with Gasteiger partial charge in [-0.15, -0.1) is 0 Å². The number of amides is 1. The molecule has 26 heavy (non-hydrogen) atoms. The van der Waals surface area contributed by atoms with E-state index in [1.807, 2.05) is 26.0 Å². The SMILES string of the molecule is Cc1ccc(Nc2ncnc(NNC(=O)c3ccncc3)c2N)c(C)c1. The lowest BCUT2D eigenvalue weighted by Crippen LogP contribution is -2.30. The number of pyridine rings is 1. The molecule has 132 valence electrons. The van der Waals surface area contributed by atoms with E-state index in [-0.39, 0.29) is 5.91 Å². The molecule has 0 spiro atoms. The van der Waals surface area contributed by atoms with Crippen LogP contribution in [0, 0.1) is 13.8 Å². The van der Waals surface area contributed by atoms with Gasteiger partial charge in [-0.25, -0.2) is 9.97 Å². The molecule has 3 aromatic rings. The first-order valence-electron chi connectivity index (χ1n) is 7.95. The molecule has 8 heteroatoms. The molecular formula is C18H19N7O. The largest absolute Gasteiger partial charge is 0.393 e. The first kappa shape index (κ1) is 17.2. The van der Waals surface area contributed by atoms with E-state index in [2.05, 4.69) is 37.2 Å². The van der Waals surface area contributed by atoms with E-state index in [1.165, 1.54) is 11.9 Å². The van der Waals surface area contributed by atoms with E-state index < -0.39 is 0 Å². The van der Waals surface area contributed by atoms with Gasteiger partial charge in [-0.1, -0.05) is 17.7 Å². The van der Waals surface area contributed by atoms with E-state index >= 15 is 0 Å². The van der Waals surface area contributed by atoms with Gasteiger partial charge in [0.25, 0.3) is 5.91 Å². The number of hydrogen-bond donors (Lipinski definition) is 4. The molecule has 0 saturated heterocycles. The molecule has 0 atom stereocenters. The van der Waals surface area contributed by atoms with E-state index in [0.717, 1.165) is 11.3 Å². The standard InChI is InChI=1S/C18H19N7O/c1-11-3-4-14(12(2)9-11)23-16-15(19)17(22-10-21-16)24-25-18(26)13-5-7-20-8-6-13/h3-10H,19H2,1-2H3,(H,25,26)(H2,21,22,23,24). The van der Waals surface area contributed by atoms with Crippen molar-refractivity contribution in [1.29, 1.82) is 0 Å². The quantitative estimate of drug-likeness (QED) is 0.523. The van der Waals surface area contributed by atoms with E-state index in [4.69, 9.17) is 5.73 Å². The number of hydrazine groups is 1. The van der Waals surface area contributed by atoms with Crippen molar-refractivity contribution in [2.45, 2.75) is 13.8 Å². The fourth-order valence-electron chi connectivity index (χ4n) is 2.37. The number of nitrogens with one attached hydrogen (secondary N) is 3. The zero-order chi connectivity index (χ0) is 18.5. The third kappa shape index (κ3) is 3.86. The molecule has 3 rings (SSSR count). The van der Waals surface area contributed by atoms with Crippen molar-refractivity contribution in [3.63, 3.8) is 0 Å². The topological polar surface area (TPSA) is 118 Å². The van der Waals surface area contributed by atoms with Crippen LogP contribution in [-0.4, -0.2) is 20.9 Å². The van der Waals surface area contributed by atoms with Gasteiger partial charge in [0.1, 0.15) is 12.0 Å². The molecule has 0 radical (unpaired) electrons. The molecular weight excluding hydrogens is 330 g/mol. The number of rotatable bonds is 5. The lowest BCUT2D eigenvalue weighted by atomic mass is 10.1.